The molecule has 1 aliphatic carbocycles. The molecule has 0 radical (unpaired) electrons. The van der Waals surface area contributed by atoms with Gasteiger partial charge < -0.3 is 10.6 Å². The van der Waals surface area contributed by atoms with Crippen molar-refractivity contribution in [1.29, 1.82) is 5.26 Å². The minimum absolute atomic E-state index is 0.0820. The number of rotatable bonds is 10. The molecule has 9 nitrogen and oxygen atoms in total. The van der Waals surface area contributed by atoms with Gasteiger partial charge in [0.2, 0.25) is 5.95 Å². The highest BCUT2D eigenvalue weighted by molar-refractivity contribution is 5.95. The predicted molar refractivity (Wildman–Crippen MR) is 162 cm³/mol. The van der Waals surface area contributed by atoms with Crippen LogP contribution in [-0.4, -0.2) is 49.7 Å². The van der Waals surface area contributed by atoms with Crippen molar-refractivity contribution in [2.75, 3.05) is 18.4 Å². The Morgan fingerprint density at radius 2 is 1.93 bits per heavy atom. The average molecular weight is 561 g/mol. The van der Waals surface area contributed by atoms with E-state index < -0.39 is 0 Å². The molecule has 9 heteroatoms. The molecule has 2 aromatic carbocycles. The maximum absolute atomic E-state index is 13.1. The molecule has 42 heavy (non-hydrogen) atoms. The molecule has 0 bridgehead atoms. The Labute approximate surface area is 246 Å². The molecule has 1 saturated heterocycles. The Hall–Kier alpha value is -4.55. The van der Waals surface area contributed by atoms with E-state index in [0.29, 0.717) is 23.9 Å². The van der Waals surface area contributed by atoms with Gasteiger partial charge in [0.05, 0.1) is 30.4 Å². The molecule has 0 spiro atoms. The summed E-state index contributed by atoms with van der Waals surface area (Å²) in [6, 6.07) is 22.3. The molecule has 2 atom stereocenters. The molecule has 1 amide bonds. The number of nitrogens with zero attached hydrogens (tertiary/aromatic N) is 6. The van der Waals surface area contributed by atoms with Gasteiger partial charge in [-0.1, -0.05) is 49.2 Å². The van der Waals surface area contributed by atoms with E-state index in [1.165, 1.54) is 18.4 Å². The van der Waals surface area contributed by atoms with Crippen LogP contribution in [-0.2, 0) is 6.54 Å². The largest absolute Gasteiger partial charge is 0.348 e. The topological polar surface area (TPSA) is 112 Å². The average Bonchev–Trinajstić information content (AvgIpc) is 3.80. The first-order valence-corrected chi connectivity index (χ1v) is 14.8. The van der Waals surface area contributed by atoms with Crippen molar-refractivity contribution in [1.82, 2.24) is 30.0 Å². The van der Waals surface area contributed by atoms with Crippen molar-refractivity contribution in [2.45, 2.75) is 57.2 Å². The Bertz CT molecular complexity index is 1540. The number of carbonyl (C=O) groups excluding carboxylic acids is 1. The molecule has 1 unspecified atom stereocenters. The van der Waals surface area contributed by atoms with Crippen molar-refractivity contribution in [3.05, 3.63) is 90.4 Å². The highest BCUT2D eigenvalue weighted by Crippen LogP contribution is 2.36. The van der Waals surface area contributed by atoms with Gasteiger partial charge in [0, 0.05) is 54.9 Å². The second-order valence-electron chi connectivity index (χ2n) is 11.3. The van der Waals surface area contributed by atoms with E-state index in [0.717, 1.165) is 55.8 Å². The van der Waals surface area contributed by atoms with Gasteiger partial charge in [-0.25, -0.2) is 9.97 Å². The fourth-order valence-corrected chi connectivity index (χ4v) is 6.21. The van der Waals surface area contributed by atoms with Crippen molar-refractivity contribution < 1.29 is 4.79 Å². The van der Waals surface area contributed by atoms with E-state index in [9.17, 15) is 10.1 Å². The fourth-order valence-electron chi connectivity index (χ4n) is 6.21. The van der Waals surface area contributed by atoms with Gasteiger partial charge in [0.15, 0.2) is 0 Å². The maximum Gasteiger partial charge on any atom is 0.251 e. The van der Waals surface area contributed by atoms with Crippen molar-refractivity contribution >= 4 is 17.5 Å². The van der Waals surface area contributed by atoms with E-state index in [1.807, 2.05) is 47.3 Å². The van der Waals surface area contributed by atoms with Crippen LogP contribution in [0.5, 0.6) is 0 Å². The molecular weight excluding hydrogens is 524 g/mol. The third-order valence-electron chi connectivity index (χ3n) is 8.37. The second-order valence-corrected chi connectivity index (χ2v) is 11.3. The first-order chi connectivity index (χ1) is 20.6. The molecule has 2 N–H and O–H groups in total. The standard InChI is InChI=1S/C33H36N8O/c34-16-13-31(25-9-4-5-10-25)41-22-27(20-36-41)30-14-17-35-33(39-30)38-28-12-6-11-26(19-28)32(42)37-29-15-18-40(23-29)21-24-7-2-1-3-8-24/h1-3,6-8,11-12,14,17,19-20,22,25,29,31H,4-5,9-10,13,15,18,21,23H2,(H,37,42)(H,35,38,39)/t29-,31?/m0/s1. The van der Waals surface area contributed by atoms with E-state index in [1.54, 1.807) is 12.4 Å². The fraction of sp³-hybridized carbons (Fsp3) is 0.364. The minimum atomic E-state index is -0.0820. The number of hydrogen-bond donors (Lipinski definition) is 2. The molecule has 214 valence electrons. The van der Waals surface area contributed by atoms with Gasteiger partial charge in [-0.3, -0.25) is 14.4 Å². The van der Waals surface area contributed by atoms with E-state index in [2.05, 4.69) is 56.0 Å². The van der Waals surface area contributed by atoms with Crippen LogP contribution in [0, 0.1) is 17.2 Å². The molecule has 1 aliphatic heterocycles. The Morgan fingerprint density at radius 1 is 1.07 bits per heavy atom. The quantitative estimate of drug-likeness (QED) is 0.255. The SMILES string of the molecule is N#CCC(C1CCCC1)n1cc(-c2ccnc(Nc3cccc(C(=O)N[C@H]4CCN(Cc5ccccc5)C4)c3)n2)cn1. The van der Waals surface area contributed by atoms with Gasteiger partial charge in [-0.15, -0.1) is 0 Å². The number of anilines is 2. The van der Waals surface area contributed by atoms with Crippen molar-refractivity contribution in [3.8, 4) is 17.3 Å². The predicted octanol–water partition coefficient (Wildman–Crippen LogP) is 5.73. The molecule has 2 aliphatic rings. The van der Waals surface area contributed by atoms with Gasteiger partial charge in [-0.05, 0) is 55.0 Å². The number of aromatic nitrogens is 4. The number of nitrogens with one attached hydrogen (secondary N) is 2. The van der Waals surface area contributed by atoms with Gasteiger partial charge >= 0.3 is 0 Å². The molecule has 3 heterocycles. The van der Waals surface area contributed by atoms with Crippen LogP contribution in [0.3, 0.4) is 0 Å². The Kier molecular flexibility index (Phi) is 8.52. The van der Waals surface area contributed by atoms with Crippen LogP contribution in [0.15, 0.2) is 79.3 Å². The summed E-state index contributed by atoms with van der Waals surface area (Å²) < 4.78 is 1.94. The molecule has 1 saturated carbocycles. The number of likely N-dealkylation sites (tertiary alicyclic amines) is 1. The monoisotopic (exact) mass is 560 g/mol. The number of carbonyl (C=O) groups is 1. The summed E-state index contributed by atoms with van der Waals surface area (Å²) >= 11 is 0. The van der Waals surface area contributed by atoms with Crippen LogP contribution in [0.2, 0.25) is 0 Å². The lowest BCUT2D eigenvalue weighted by Crippen LogP contribution is -2.37. The van der Waals surface area contributed by atoms with Gasteiger partial charge in [0.25, 0.3) is 5.91 Å². The van der Waals surface area contributed by atoms with E-state index >= 15 is 0 Å². The second kappa shape index (κ2) is 13.0. The maximum atomic E-state index is 13.1. The summed E-state index contributed by atoms with van der Waals surface area (Å²) in [6.45, 7) is 2.70. The number of hydrogen-bond acceptors (Lipinski definition) is 7. The number of nitriles is 1. The lowest BCUT2D eigenvalue weighted by molar-refractivity contribution is 0.0937. The minimum Gasteiger partial charge on any atom is -0.348 e. The molecule has 4 aromatic rings. The summed E-state index contributed by atoms with van der Waals surface area (Å²) in [7, 11) is 0. The third-order valence-corrected chi connectivity index (χ3v) is 8.37. The van der Waals surface area contributed by atoms with Crippen LogP contribution in [0.1, 0.15) is 60.5 Å². The lowest BCUT2D eigenvalue weighted by Gasteiger charge is -2.21. The van der Waals surface area contributed by atoms with Crippen LogP contribution < -0.4 is 10.6 Å². The first-order valence-electron chi connectivity index (χ1n) is 14.8. The smallest absolute Gasteiger partial charge is 0.251 e. The van der Waals surface area contributed by atoms with E-state index in [-0.39, 0.29) is 18.0 Å². The summed E-state index contributed by atoms with van der Waals surface area (Å²) in [5.74, 6) is 0.849. The molecule has 6 rings (SSSR count). The molecule has 2 aromatic heterocycles. The molecular formula is C33H36N8O. The zero-order valence-electron chi connectivity index (χ0n) is 23.7. The Morgan fingerprint density at radius 3 is 2.76 bits per heavy atom. The first kappa shape index (κ1) is 27.6. The van der Waals surface area contributed by atoms with E-state index in [4.69, 9.17) is 4.98 Å². The van der Waals surface area contributed by atoms with Crippen molar-refractivity contribution in [3.63, 3.8) is 0 Å². The van der Waals surface area contributed by atoms with Crippen molar-refractivity contribution in [2.24, 2.45) is 5.92 Å². The normalized spacial score (nSPS) is 18.0. The summed E-state index contributed by atoms with van der Waals surface area (Å²) in [5.41, 5.74) is 4.25. The lowest BCUT2D eigenvalue weighted by atomic mass is 9.96. The highest BCUT2D eigenvalue weighted by atomic mass is 16.1. The summed E-state index contributed by atoms with van der Waals surface area (Å²) in [6.07, 6.45) is 11.6. The Balaban J connectivity index is 1.08. The van der Waals surface area contributed by atoms with Crippen LogP contribution in [0.4, 0.5) is 11.6 Å². The van der Waals surface area contributed by atoms with Gasteiger partial charge in [0.1, 0.15) is 0 Å². The number of benzene rings is 2. The zero-order chi connectivity index (χ0) is 28.7. The summed E-state index contributed by atoms with van der Waals surface area (Å²) in [4.78, 5) is 24.6. The summed E-state index contributed by atoms with van der Waals surface area (Å²) in [5, 5.41) is 20.5. The molecule has 2 fully saturated rings. The van der Waals surface area contributed by atoms with Crippen LogP contribution in [0.25, 0.3) is 11.3 Å². The highest BCUT2D eigenvalue weighted by Gasteiger charge is 2.27. The zero-order valence-corrected chi connectivity index (χ0v) is 23.7. The third kappa shape index (κ3) is 6.67. The van der Waals surface area contributed by atoms with Crippen LogP contribution >= 0.6 is 0 Å². The number of amides is 1. The van der Waals surface area contributed by atoms with Gasteiger partial charge in [-0.2, -0.15) is 10.4 Å².